The minimum Gasteiger partial charge on any atom is -0.294 e. The maximum atomic E-state index is 4.78. The molecular weight excluding hydrogens is 328 g/mol. The smallest absolute Gasteiger partial charge is 0.137 e. The van der Waals surface area contributed by atoms with E-state index in [0.29, 0.717) is 0 Å². The minimum atomic E-state index is 0.930. The van der Waals surface area contributed by atoms with Crippen molar-refractivity contribution in [2.24, 2.45) is 0 Å². The first-order chi connectivity index (χ1) is 13.3. The van der Waals surface area contributed by atoms with Gasteiger partial charge >= 0.3 is 0 Å². The SMILES string of the molecule is C=Cc1ccc(-c2ccc(-n3c4ccccc4c4ccccc43)nc2)cc1. The van der Waals surface area contributed by atoms with Crippen molar-refractivity contribution in [3.63, 3.8) is 0 Å². The highest BCUT2D eigenvalue weighted by Crippen LogP contribution is 2.31. The molecule has 0 saturated heterocycles. The molecule has 3 aromatic carbocycles. The fourth-order valence-corrected chi connectivity index (χ4v) is 3.67. The summed E-state index contributed by atoms with van der Waals surface area (Å²) in [5, 5.41) is 2.50. The van der Waals surface area contributed by atoms with Crippen LogP contribution in [0.15, 0.2) is 97.7 Å². The van der Waals surface area contributed by atoms with Gasteiger partial charge in [0.05, 0.1) is 11.0 Å². The predicted octanol–water partition coefficient (Wildman–Crippen LogP) is 6.49. The third-order valence-electron chi connectivity index (χ3n) is 5.04. The van der Waals surface area contributed by atoms with Gasteiger partial charge in [0, 0.05) is 22.5 Å². The molecule has 0 saturated carbocycles. The van der Waals surface area contributed by atoms with Gasteiger partial charge in [-0.05, 0) is 35.4 Å². The van der Waals surface area contributed by atoms with Gasteiger partial charge in [-0.15, -0.1) is 0 Å². The third-order valence-corrected chi connectivity index (χ3v) is 5.04. The molecule has 2 aromatic heterocycles. The molecule has 0 atom stereocenters. The Morgan fingerprint density at radius 3 is 1.81 bits per heavy atom. The summed E-state index contributed by atoms with van der Waals surface area (Å²) in [6.45, 7) is 3.81. The molecule has 27 heavy (non-hydrogen) atoms. The number of pyridine rings is 1. The van der Waals surface area contributed by atoms with Gasteiger partial charge in [0.25, 0.3) is 0 Å². The van der Waals surface area contributed by atoms with Crippen molar-refractivity contribution < 1.29 is 0 Å². The summed E-state index contributed by atoms with van der Waals surface area (Å²) >= 11 is 0. The molecule has 0 fully saturated rings. The molecule has 0 N–H and O–H groups in total. The molecule has 5 aromatic rings. The van der Waals surface area contributed by atoms with E-state index in [4.69, 9.17) is 4.98 Å². The lowest BCUT2D eigenvalue weighted by Crippen LogP contribution is -1.97. The van der Waals surface area contributed by atoms with Crippen molar-refractivity contribution in [1.29, 1.82) is 0 Å². The van der Waals surface area contributed by atoms with E-state index in [1.54, 1.807) is 0 Å². The summed E-state index contributed by atoms with van der Waals surface area (Å²) in [5.41, 5.74) is 5.73. The summed E-state index contributed by atoms with van der Waals surface area (Å²) in [6, 6.07) is 29.6. The first-order valence-electron chi connectivity index (χ1n) is 9.02. The molecule has 0 aliphatic heterocycles. The second kappa shape index (κ2) is 6.26. The lowest BCUT2D eigenvalue weighted by Gasteiger charge is -2.08. The molecule has 0 unspecified atom stereocenters. The van der Waals surface area contributed by atoms with E-state index < -0.39 is 0 Å². The highest BCUT2D eigenvalue weighted by atomic mass is 15.1. The molecule has 0 amide bonds. The predicted molar refractivity (Wildman–Crippen MR) is 114 cm³/mol. The number of hydrogen-bond acceptors (Lipinski definition) is 1. The number of rotatable bonds is 3. The van der Waals surface area contributed by atoms with Crippen LogP contribution in [0, 0.1) is 0 Å². The Morgan fingerprint density at radius 2 is 1.26 bits per heavy atom. The Bertz CT molecular complexity index is 1210. The van der Waals surface area contributed by atoms with Crippen LogP contribution in [0.5, 0.6) is 0 Å². The van der Waals surface area contributed by atoms with Gasteiger partial charge in [-0.25, -0.2) is 4.98 Å². The molecule has 0 radical (unpaired) electrons. The largest absolute Gasteiger partial charge is 0.294 e. The van der Waals surface area contributed by atoms with Crippen molar-refractivity contribution in [3.05, 3.63) is 103 Å². The Hall–Kier alpha value is -3.65. The first-order valence-corrected chi connectivity index (χ1v) is 9.02. The zero-order chi connectivity index (χ0) is 18.2. The van der Waals surface area contributed by atoms with E-state index >= 15 is 0 Å². The van der Waals surface area contributed by atoms with E-state index in [1.165, 1.54) is 21.8 Å². The lowest BCUT2D eigenvalue weighted by molar-refractivity contribution is 1.08. The molecule has 0 aliphatic carbocycles. The minimum absolute atomic E-state index is 0.930. The van der Waals surface area contributed by atoms with Crippen molar-refractivity contribution in [2.75, 3.05) is 0 Å². The number of fused-ring (bicyclic) bond motifs is 3. The summed E-state index contributed by atoms with van der Waals surface area (Å²) in [6.07, 6.45) is 3.80. The first kappa shape index (κ1) is 15.6. The van der Waals surface area contributed by atoms with Gasteiger partial charge in [0.15, 0.2) is 0 Å². The number of para-hydroxylation sites is 2. The van der Waals surface area contributed by atoms with Crippen LogP contribution in [0.2, 0.25) is 0 Å². The molecule has 2 heteroatoms. The number of nitrogens with zero attached hydrogens (tertiary/aromatic N) is 2. The summed E-state index contributed by atoms with van der Waals surface area (Å²) in [7, 11) is 0. The fraction of sp³-hybridized carbons (Fsp3) is 0. The van der Waals surface area contributed by atoms with Crippen LogP contribution in [0.4, 0.5) is 0 Å². The van der Waals surface area contributed by atoms with Crippen LogP contribution in [-0.2, 0) is 0 Å². The summed E-state index contributed by atoms with van der Waals surface area (Å²) in [5.74, 6) is 0.930. The zero-order valence-electron chi connectivity index (χ0n) is 14.8. The van der Waals surface area contributed by atoms with Gasteiger partial charge in [0.2, 0.25) is 0 Å². The highest BCUT2D eigenvalue weighted by Gasteiger charge is 2.12. The van der Waals surface area contributed by atoms with Gasteiger partial charge < -0.3 is 0 Å². The third kappa shape index (κ3) is 2.54. The molecule has 2 nitrogen and oxygen atoms in total. The number of hydrogen-bond donors (Lipinski definition) is 0. The van der Waals surface area contributed by atoms with Crippen LogP contribution in [-0.4, -0.2) is 9.55 Å². The molecule has 0 spiro atoms. The number of aromatic nitrogens is 2. The van der Waals surface area contributed by atoms with Crippen LogP contribution in [0.1, 0.15) is 5.56 Å². The summed E-state index contributed by atoms with van der Waals surface area (Å²) in [4.78, 5) is 4.78. The Morgan fingerprint density at radius 1 is 0.667 bits per heavy atom. The monoisotopic (exact) mass is 346 g/mol. The van der Waals surface area contributed by atoms with Gasteiger partial charge in [0.1, 0.15) is 5.82 Å². The van der Waals surface area contributed by atoms with Gasteiger partial charge in [-0.2, -0.15) is 0 Å². The van der Waals surface area contributed by atoms with Gasteiger partial charge in [-0.1, -0.05) is 73.3 Å². The standard InChI is InChI=1S/C25H18N2/c1-2-18-11-13-19(14-12-18)20-15-16-25(26-17-20)27-23-9-5-3-7-21(23)22-8-4-6-10-24(22)27/h2-17H,1H2. The number of benzene rings is 3. The molecule has 0 aliphatic rings. The van der Waals surface area contributed by atoms with Crippen LogP contribution >= 0.6 is 0 Å². The van der Waals surface area contributed by atoms with E-state index in [-0.39, 0.29) is 0 Å². The zero-order valence-corrected chi connectivity index (χ0v) is 14.8. The van der Waals surface area contributed by atoms with E-state index in [9.17, 15) is 0 Å². The lowest BCUT2D eigenvalue weighted by atomic mass is 10.1. The van der Waals surface area contributed by atoms with Gasteiger partial charge in [-0.3, -0.25) is 4.57 Å². The summed E-state index contributed by atoms with van der Waals surface area (Å²) < 4.78 is 2.23. The van der Waals surface area contributed by atoms with Crippen molar-refractivity contribution in [1.82, 2.24) is 9.55 Å². The average molecular weight is 346 g/mol. The molecule has 5 rings (SSSR count). The molecular formula is C25H18N2. The van der Waals surface area contributed by atoms with Crippen LogP contribution in [0.3, 0.4) is 0 Å². The van der Waals surface area contributed by atoms with Crippen LogP contribution < -0.4 is 0 Å². The van der Waals surface area contributed by atoms with E-state index in [1.807, 2.05) is 12.3 Å². The van der Waals surface area contributed by atoms with Crippen molar-refractivity contribution in [2.45, 2.75) is 0 Å². The maximum absolute atomic E-state index is 4.78. The van der Waals surface area contributed by atoms with E-state index in [2.05, 4.69) is 96.1 Å². The quantitative estimate of drug-likeness (QED) is 0.365. The normalized spacial score (nSPS) is 11.1. The second-order valence-corrected chi connectivity index (χ2v) is 6.60. The molecule has 128 valence electrons. The topological polar surface area (TPSA) is 17.8 Å². The van der Waals surface area contributed by atoms with Crippen LogP contribution in [0.25, 0.3) is 44.8 Å². The van der Waals surface area contributed by atoms with Crippen molar-refractivity contribution >= 4 is 27.9 Å². The molecule has 0 bridgehead atoms. The average Bonchev–Trinajstić information content (AvgIpc) is 3.08. The second-order valence-electron chi connectivity index (χ2n) is 6.60. The Labute approximate surface area is 158 Å². The Kier molecular flexibility index (Phi) is 3.61. The highest BCUT2D eigenvalue weighted by molar-refractivity contribution is 6.09. The Balaban J connectivity index is 1.65. The van der Waals surface area contributed by atoms with Crippen molar-refractivity contribution in [3.8, 4) is 16.9 Å². The molecule has 2 heterocycles. The van der Waals surface area contributed by atoms with E-state index in [0.717, 1.165) is 22.5 Å². The fourth-order valence-electron chi connectivity index (χ4n) is 3.67. The maximum Gasteiger partial charge on any atom is 0.137 e.